The van der Waals surface area contributed by atoms with E-state index in [-0.39, 0.29) is 31.1 Å². The maximum atomic E-state index is 13.0. The van der Waals surface area contributed by atoms with Crippen molar-refractivity contribution in [2.75, 3.05) is 13.7 Å². The second-order valence-electron chi connectivity index (χ2n) is 10.3. The summed E-state index contributed by atoms with van der Waals surface area (Å²) in [4.78, 5) is 51.4. The molecule has 0 aliphatic carbocycles. The second kappa shape index (κ2) is 12.5. The van der Waals surface area contributed by atoms with Crippen molar-refractivity contribution in [3.05, 3.63) is 81.9 Å². The van der Waals surface area contributed by atoms with E-state index in [1.807, 2.05) is 18.2 Å². The van der Waals surface area contributed by atoms with E-state index in [1.54, 1.807) is 52.0 Å². The first-order valence-electron chi connectivity index (χ1n) is 12.6. The molecule has 0 fully saturated rings. The molecule has 2 N–H and O–H groups in total. The number of hydrogen-bond acceptors (Lipinski definition) is 8. The molecule has 0 spiro atoms. The number of nitrogens with one attached hydrogen (secondary N) is 1. The minimum atomic E-state index is -1.27. The SMILES string of the molecule is COC(=O)c1oc(/C=C/[C@]2(NC(=O)OC(C)(C)C)CC=C[C@H](C)N(C(=O)O)C2)cc(=O)c1OCc1ccccc1. The Bertz CT molecular complexity index is 1340. The lowest BCUT2D eigenvalue weighted by atomic mass is 9.94. The number of alkyl carbamates (subject to hydrolysis) is 1. The number of benzene rings is 1. The topological polar surface area (TPSA) is 145 Å². The molecule has 11 heteroatoms. The zero-order chi connectivity index (χ0) is 29.5. The quantitative estimate of drug-likeness (QED) is 0.370. The zero-order valence-corrected chi connectivity index (χ0v) is 23.1. The van der Waals surface area contributed by atoms with Crippen molar-refractivity contribution >= 4 is 24.2 Å². The van der Waals surface area contributed by atoms with Crippen LogP contribution in [0.3, 0.4) is 0 Å². The number of ether oxygens (including phenoxy) is 3. The normalized spacial score (nSPS) is 19.1. The second-order valence-corrected chi connectivity index (χ2v) is 10.3. The van der Waals surface area contributed by atoms with E-state index in [9.17, 15) is 24.3 Å². The summed E-state index contributed by atoms with van der Waals surface area (Å²) in [7, 11) is 1.14. The Kier molecular flexibility index (Phi) is 9.41. The van der Waals surface area contributed by atoms with Crippen LogP contribution >= 0.6 is 0 Å². The molecule has 1 aliphatic heterocycles. The Morgan fingerprint density at radius 2 is 1.93 bits per heavy atom. The highest BCUT2D eigenvalue weighted by atomic mass is 16.6. The molecule has 1 aliphatic rings. The molecule has 1 aromatic heterocycles. The van der Waals surface area contributed by atoms with Gasteiger partial charge in [-0.3, -0.25) is 9.69 Å². The Balaban J connectivity index is 2.00. The van der Waals surface area contributed by atoms with Crippen LogP contribution in [0.15, 0.2) is 63.8 Å². The largest absolute Gasteiger partial charge is 0.481 e. The van der Waals surface area contributed by atoms with Gasteiger partial charge >= 0.3 is 18.2 Å². The molecule has 2 aromatic rings. The predicted molar refractivity (Wildman–Crippen MR) is 146 cm³/mol. The molecule has 0 unspecified atom stereocenters. The van der Waals surface area contributed by atoms with Crippen molar-refractivity contribution in [2.24, 2.45) is 0 Å². The van der Waals surface area contributed by atoms with Gasteiger partial charge in [-0.05, 0) is 45.8 Å². The van der Waals surface area contributed by atoms with E-state index in [2.05, 4.69) is 5.32 Å². The minimum absolute atomic E-state index is 0.0171. The third-order valence-electron chi connectivity index (χ3n) is 5.92. The van der Waals surface area contributed by atoms with Crippen LogP contribution in [0.4, 0.5) is 9.59 Å². The Morgan fingerprint density at radius 3 is 2.55 bits per heavy atom. The Morgan fingerprint density at radius 1 is 1.23 bits per heavy atom. The summed E-state index contributed by atoms with van der Waals surface area (Å²) in [6, 6.07) is 9.74. The fourth-order valence-electron chi connectivity index (χ4n) is 4.01. The summed E-state index contributed by atoms with van der Waals surface area (Å²) in [6.45, 7) is 6.73. The van der Waals surface area contributed by atoms with Gasteiger partial charge in [-0.2, -0.15) is 0 Å². The highest BCUT2D eigenvalue weighted by Crippen LogP contribution is 2.25. The van der Waals surface area contributed by atoms with Crippen molar-refractivity contribution in [2.45, 2.75) is 57.9 Å². The van der Waals surface area contributed by atoms with Gasteiger partial charge in [0, 0.05) is 6.07 Å². The lowest BCUT2D eigenvalue weighted by Crippen LogP contribution is -2.56. The number of carbonyl (C=O) groups excluding carboxylic acids is 2. The first kappa shape index (κ1) is 30.0. The van der Waals surface area contributed by atoms with Crippen molar-refractivity contribution < 1.29 is 38.1 Å². The summed E-state index contributed by atoms with van der Waals surface area (Å²) in [6.07, 6.45) is 4.65. The molecule has 0 saturated heterocycles. The number of esters is 1. The minimum Gasteiger partial charge on any atom is -0.481 e. The number of nitrogens with zero attached hydrogens (tertiary/aromatic N) is 1. The average molecular weight is 555 g/mol. The van der Waals surface area contributed by atoms with E-state index < -0.39 is 46.5 Å². The van der Waals surface area contributed by atoms with Gasteiger partial charge in [-0.1, -0.05) is 48.6 Å². The van der Waals surface area contributed by atoms with Gasteiger partial charge in [0.1, 0.15) is 18.0 Å². The summed E-state index contributed by atoms with van der Waals surface area (Å²) in [5, 5.41) is 12.6. The maximum Gasteiger partial charge on any atom is 0.408 e. The van der Waals surface area contributed by atoms with Crippen LogP contribution < -0.4 is 15.5 Å². The van der Waals surface area contributed by atoms with E-state index in [1.165, 1.54) is 17.1 Å². The van der Waals surface area contributed by atoms with Gasteiger partial charge in [-0.15, -0.1) is 0 Å². The molecule has 0 bridgehead atoms. The number of hydrogen-bond donors (Lipinski definition) is 2. The van der Waals surface area contributed by atoms with Crippen LogP contribution in [0.1, 0.15) is 56.0 Å². The monoisotopic (exact) mass is 554 g/mol. The third kappa shape index (κ3) is 7.98. The molecular weight excluding hydrogens is 520 g/mol. The van der Waals surface area contributed by atoms with Gasteiger partial charge < -0.3 is 29.1 Å². The summed E-state index contributed by atoms with van der Waals surface area (Å²) >= 11 is 0. The molecule has 40 heavy (non-hydrogen) atoms. The van der Waals surface area contributed by atoms with E-state index >= 15 is 0 Å². The number of methoxy groups -OCH3 is 1. The van der Waals surface area contributed by atoms with E-state index in [0.29, 0.717) is 0 Å². The molecule has 3 rings (SSSR count). The number of amides is 2. The highest BCUT2D eigenvalue weighted by Gasteiger charge is 2.37. The van der Waals surface area contributed by atoms with Crippen LogP contribution in [0.5, 0.6) is 5.75 Å². The van der Waals surface area contributed by atoms with Crippen molar-refractivity contribution in [1.82, 2.24) is 10.2 Å². The number of carbonyl (C=O) groups is 3. The first-order chi connectivity index (χ1) is 18.8. The van der Waals surface area contributed by atoms with Crippen molar-refractivity contribution in [3.8, 4) is 5.75 Å². The van der Waals surface area contributed by atoms with Gasteiger partial charge in [0.15, 0.2) is 0 Å². The molecule has 0 radical (unpaired) electrons. The summed E-state index contributed by atoms with van der Waals surface area (Å²) in [5.74, 6) is -1.69. The third-order valence-corrected chi connectivity index (χ3v) is 5.92. The predicted octanol–water partition coefficient (Wildman–Crippen LogP) is 4.61. The fraction of sp³-hybridized carbons (Fsp3) is 0.379. The smallest absolute Gasteiger partial charge is 0.408 e. The van der Waals surface area contributed by atoms with Crippen molar-refractivity contribution in [3.63, 3.8) is 0 Å². The van der Waals surface area contributed by atoms with Gasteiger partial charge in [0.25, 0.3) is 5.76 Å². The average Bonchev–Trinajstić information content (AvgIpc) is 3.04. The summed E-state index contributed by atoms with van der Waals surface area (Å²) < 4.78 is 21.5. The molecule has 0 saturated carbocycles. The molecule has 2 amide bonds. The highest BCUT2D eigenvalue weighted by molar-refractivity contribution is 5.89. The Hall–Kier alpha value is -4.54. The van der Waals surface area contributed by atoms with Crippen LogP contribution in [-0.2, 0) is 16.1 Å². The first-order valence-corrected chi connectivity index (χ1v) is 12.6. The van der Waals surface area contributed by atoms with Gasteiger partial charge in [0.2, 0.25) is 11.2 Å². The van der Waals surface area contributed by atoms with Crippen molar-refractivity contribution in [1.29, 1.82) is 0 Å². The zero-order valence-electron chi connectivity index (χ0n) is 23.1. The van der Waals surface area contributed by atoms with Gasteiger partial charge in [0.05, 0.1) is 25.2 Å². The molecule has 11 nitrogen and oxygen atoms in total. The van der Waals surface area contributed by atoms with Crippen LogP contribution in [0.2, 0.25) is 0 Å². The van der Waals surface area contributed by atoms with Crippen LogP contribution in [0.25, 0.3) is 6.08 Å². The molecule has 2 heterocycles. The molecule has 1 aromatic carbocycles. The lowest BCUT2D eigenvalue weighted by Gasteiger charge is -2.35. The lowest BCUT2D eigenvalue weighted by molar-refractivity contribution is 0.0451. The van der Waals surface area contributed by atoms with Crippen LogP contribution in [-0.4, -0.2) is 59.0 Å². The van der Waals surface area contributed by atoms with Crippen LogP contribution in [0, 0.1) is 0 Å². The van der Waals surface area contributed by atoms with Gasteiger partial charge in [-0.25, -0.2) is 14.4 Å². The summed E-state index contributed by atoms with van der Waals surface area (Å²) in [5.41, 5.74) is -1.92. The Labute approximate surface area is 232 Å². The maximum absolute atomic E-state index is 13.0. The molecule has 2 atom stereocenters. The standard InChI is InChI=1S/C29H34N2O9/c1-19-10-9-14-29(18-31(19)27(35)36,30-26(34)40-28(2,3)4)15-13-21-16-22(32)23(24(39-21)25(33)37-5)38-17-20-11-7-6-8-12-20/h6-13,15-16,19H,14,17-18H2,1-5H3,(H,30,34)(H,35,36)/b15-13+/t19-,29+/m0/s1. The fourth-order valence-corrected chi connectivity index (χ4v) is 4.01. The molecular formula is C29H34N2O9. The molecule has 214 valence electrons. The number of carboxylic acid groups (broad SMARTS) is 1. The van der Waals surface area contributed by atoms with E-state index in [0.717, 1.165) is 18.7 Å². The van der Waals surface area contributed by atoms with E-state index in [4.69, 9.17) is 18.6 Å². The number of rotatable bonds is 7.